The Kier molecular flexibility index (Phi) is 3.66. The second-order valence-corrected chi connectivity index (χ2v) is 5.77. The molecule has 0 unspecified atom stereocenters. The first kappa shape index (κ1) is 13.7. The van der Waals surface area contributed by atoms with Crippen molar-refractivity contribution in [3.8, 4) is 16.9 Å². The quantitative estimate of drug-likeness (QED) is 0.588. The first-order valence-corrected chi connectivity index (χ1v) is 7.51. The minimum atomic E-state index is 0.506. The third-order valence-electron chi connectivity index (χ3n) is 3.95. The maximum absolute atomic E-state index is 2.37. The van der Waals surface area contributed by atoms with Gasteiger partial charge in [0, 0.05) is 11.4 Å². The average molecular weight is 275 g/mol. The van der Waals surface area contributed by atoms with Crippen molar-refractivity contribution in [3.05, 3.63) is 78.0 Å². The largest absolute Gasteiger partial charge is 0.314 e. The van der Waals surface area contributed by atoms with E-state index in [1.807, 2.05) is 0 Å². The molecule has 0 radical (unpaired) electrons. The Morgan fingerprint density at radius 3 is 2.14 bits per heavy atom. The van der Waals surface area contributed by atoms with E-state index >= 15 is 0 Å². The molecular weight excluding hydrogens is 254 g/mol. The van der Waals surface area contributed by atoms with Crippen LogP contribution in [0.2, 0.25) is 0 Å². The molecule has 106 valence electrons. The lowest BCUT2D eigenvalue weighted by atomic mass is 10.0. The predicted molar refractivity (Wildman–Crippen MR) is 90.0 cm³/mol. The molecule has 0 aliphatic heterocycles. The molecule has 0 spiro atoms. The lowest BCUT2D eigenvalue weighted by Crippen LogP contribution is -2.04. The SMILES string of the molecule is Cc1ccc(-c2ccccc2)n1-c1ccccc1C(C)C. The summed E-state index contributed by atoms with van der Waals surface area (Å²) in [5.41, 5.74) is 6.44. The van der Waals surface area contributed by atoms with Crippen LogP contribution in [0.5, 0.6) is 0 Å². The van der Waals surface area contributed by atoms with Gasteiger partial charge in [-0.05, 0) is 42.2 Å². The molecule has 0 saturated carbocycles. The molecule has 0 amide bonds. The summed E-state index contributed by atoms with van der Waals surface area (Å²) in [7, 11) is 0. The molecular formula is C20H21N. The smallest absolute Gasteiger partial charge is 0.0531 e. The van der Waals surface area contributed by atoms with Gasteiger partial charge >= 0.3 is 0 Å². The standard InChI is InChI=1S/C20H21N/c1-15(2)18-11-7-8-12-20(18)21-16(3)13-14-19(21)17-9-5-4-6-10-17/h4-15H,1-3H3. The maximum Gasteiger partial charge on any atom is 0.0531 e. The van der Waals surface area contributed by atoms with Gasteiger partial charge in [0.1, 0.15) is 0 Å². The van der Waals surface area contributed by atoms with Crippen molar-refractivity contribution in [2.75, 3.05) is 0 Å². The van der Waals surface area contributed by atoms with Crippen LogP contribution in [0.3, 0.4) is 0 Å². The molecule has 2 aromatic carbocycles. The lowest BCUT2D eigenvalue weighted by Gasteiger charge is -2.18. The molecule has 21 heavy (non-hydrogen) atoms. The topological polar surface area (TPSA) is 4.93 Å². The van der Waals surface area contributed by atoms with Crippen LogP contribution < -0.4 is 0 Å². The van der Waals surface area contributed by atoms with Crippen molar-refractivity contribution in [2.24, 2.45) is 0 Å². The van der Waals surface area contributed by atoms with Gasteiger partial charge in [-0.1, -0.05) is 62.4 Å². The number of nitrogens with zero attached hydrogens (tertiary/aromatic N) is 1. The average Bonchev–Trinajstić information content (AvgIpc) is 2.89. The second kappa shape index (κ2) is 5.61. The fraction of sp³-hybridized carbons (Fsp3) is 0.200. The third-order valence-corrected chi connectivity index (χ3v) is 3.95. The minimum absolute atomic E-state index is 0.506. The number of rotatable bonds is 3. The molecule has 0 atom stereocenters. The van der Waals surface area contributed by atoms with Crippen LogP contribution >= 0.6 is 0 Å². The lowest BCUT2D eigenvalue weighted by molar-refractivity contribution is 0.843. The van der Waals surface area contributed by atoms with Crippen LogP contribution in [0.1, 0.15) is 31.0 Å². The monoisotopic (exact) mass is 275 g/mol. The van der Waals surface area contributed by atoms with Crippen LogP contribution in [0, 0.1) is 6.92 Å². The van der Waals surface area contributed by atoms with Crippen LogP contribution in [0.25, 0.3) is 16.9 Å². The van der Waals surface area contributed by atoms with Crippen molar-refractivity contribution in [3.63, 3.8) is 0 Å². The Labute approximate surface area is 126 Å². The summed E-state index contributed by atoms with van der Waals surface area (Å²) in [4.78, 5) is 0. The minimum Gasteiger partial charge on any atom is -0.314 e. The Balaban J connectivity index is 2.23. The maximum atomic E-state index is 2.37. The van der Waals surface area contributed by atoms with E-state index in [4.69, 9.17) is 0 Å². The van der Waals surface area contributed by atoms with Crippen molar-refractivity contribution in [2.45, 2.75) is 26.7 Å². The predicted octanol–water partition coefficient (Wildman–Crippen LogP) is 5.58. The van der Waals surface area contributed by atoms with Crippen LogP contribution in [0.4, 0.5) is 0 Å². The number of hydrogen-bond donors (Lipinski definition) is 0. The van der Waals surface area contributed by atoms with Gasteiger partial charge in [-0.3, -0.25) is 0 Å². The summed E-state index contributed by atoms with van der Waals surface area (Å²) in [6.07, 6.45) is 0. The fourth-order valence-corrected chi connectivity index (χ4v) is 2.87. The molecule has 1 nitrogen and oxygen atoms in total. The number of benzene rings is 2. The van der Waals surface area contributed by atoms with E-state index in [1.54, 1.807) is 0 Å². The second-order valence-electron chi connectivity index (χ2n) is 5.77. The normalized spacial score (nSPS) is 11.0. The summed E-state index contributed by atoms with van der Waals surface area (Å²) >= 11 is 0. The zero-order valence-corrected chi connectivity index (χ0v) is 12.9. The highest BCUT2D eigenvalue weighted by atomic mass is 15.0. The summed E-state index contributed by atoms with van der Waals surface area (Å²) in [5.74, 6) is 0.506. The van der Waals surface area contributed by atoms with E-state index in [0.29, 0.717) is 5.92 Å². The Bertz CT molecular complexity index is 736. The first-order chi connectivity index (χ1) is 10.2. The van der Waals surface area contributed by atoms with Gasteiger partial charge in [0.25, 0.3) is 0 Å². The number of para-hydroxylation sites is 1. The van der Waals surface area contributed by atoms with Gasteiger partial charge in [-0.25, -0.2) is 0 Å². The van der Waals surface area contributed by atoms with Crippen LogP contribution in [-0.4, -0.2) is 4.57 Å². The van der Waals surface area contributed by atoms with E-state index in [9.17, 15) is 0 Å². The molecule has 0 aliphatic carbocycles. The highest BCUT2D eigenvalue weighted by Gasteiger charge is 2.13. The van der Waals surface area contributed by atoms with Gasteiger partial charge in [0.15, 0.2) is 0 Å². The van der Waals surface area contributed by atoms with E-state index < -0.39 is 0 Å². The van der Waals surface area contributed by atoms with Gasteiger partial charge in [0.05, 0.1) is 5.69 Å². The molecule has 0 saturated heterocycles. The van der Waals surface area contributed by atoms with Crippen molar-refractivity contribution < 1.29 is 0 Å². The van der Waals surface area contributed by atoms with Gasteiger partial charge in [-0.15, -0.1) is 0 Å². The molecule has 1 heteroatoms. The van der Waals surface area contributed by atoms with E-state index in [0.717, 1.165) is 0 Å². The van der Waals surface area contributed by atoms with Crippen LogP contribution in [-0.2, 0) is 0 Å². The summed E-state index contributed by atoms with van der Waals surface area (Å²) < 4.78 is 2.37. The number of aromatic nitrogens is 1. The molecule has 3 aromatic rings. The fourth-order valence-electron chi connectivity index (χ4n) is 2.87. The molecule has 1 heterocycles. The summed E-state index contributed by atoms with van der Waals surface area (Å²) in [6, 6.07) is 23.7. The van der Waals surface area contributed by atoms with E-state index in [2.05, 4.69) is 92.1 Å². The Hall–Kier alpha value is -2.28. The summed E-state index contributed by atoms with van der Waals surface area (Å²) in [5, 5.41) is 0. The van der Waals surface area contributed by atoms with Crippen LogP contribution in [0.15, 0.2) is 66.7 Å². The van der Waals surface area contributed by atoms with E-state index in [-0.39, 0.29) is 0 Å². The van der Waals surface area contributed by atoms with Gasteiger partial charge < -0.3 is 4.57 Å². The Morgan fingerprint density at radius 2 is 1.43 bits per heavy atom. The molecule has 0 N–H and O–H groups in total. The molecule has 1 aromatic heterocycles. The molecule has 3 rings (SSSR count). The number of aryl methyl sites for hydroxylation is 1. The van der Waals surface area contributed by atoms with E-state index in [1.165, 1.54) is 28.2 Å². The highest BCUT2D eigenvalue weighted by molar-refractivity contribution is 5.65. The zero-order chi connectivity index (χ0) is 14.8. The zero-order valence-electron chi connectivity index (χ0n) is 12.9. The molecule has 0 fully saturated rings. The third kappa shape index (κ3) is 2.52. The number of hydrogen-bond acceptors (Lipinski definition) is 0. The van der Waals surface area contributed by atoms with Crippen molar-refractivity contribution >= 4 is 0 Å². The Morgan fingerprint density at radius 1 is 0.762 bits per heavy atom. The summed E-state index contributed by atoms with van der Waals surface area (Å²) in [6.45, 7) is 6.67. The van der Waals surface area contributed by atoms with Crippen molar-refractivity contribution in [1.29, 1.82) is 0 Å². The first-order valence-electron chi connectivity index (χ1n) is 7.51. The van der Waals surface area contributed by atoms with Gasteiger partial charge in [0.2, 0.25) is 0 Å². The highest BCUT2D eigenvalue weighted by Crippen LogP contribution is 2.30. The molecule has 0 aliphatic rings. The van der Waals surface area contributed by atoms with Crippen molar-refractivity contribution in [1.82, 2.24) is 4.57 Å². The van der Waals surface area contributed by atoms with Gasteiger partial charge in [-0.2, -0.15) is 0 Å². The molecule has 0 bridgehead atoms.